The van der Waals surface area contributed by atoms with Crippen LogP contribution in [0.25, 0.3) is 0 Å². The van der Waals surface area contributed by atoms with Gasteiger partial charge in [0, 0.05) is 16.1 Å². The summed E-state index contributed by atoms with van der Waals surface area (Å²) in [7, 11) is 0. The number of nitrogens with zero attached hydrogens (tertiary/aromatic N) is 1. The van der Waals surface area contributed by atoms with Gasteiger partial charge >= 0.3 is 0 Å². The molecular weight excluding hydrogens is 333 g/mol. The largest absolute Gasteiger partial charge is 0.324 e. The maximum Gasteiger partial charge on any atom is 0.238 e. The molecule has 2 aromatic carbocycles. The van der Waals surface area contributed by atoms with Crippen LogP contribution in [0.5, 0.6) is 0 Å². The molecule has 4 nitrogen and oxygen atoms in total. The predicted octanol–water partition coefficient (Wildman–Crippen LogP) is 4.15. The van der Waals surface area contributed by atoms with Crippen LogP contribution in [-0.4, -0.2) is 12.5 Å². The Kier molecular flexibility index (Phi) is 6.00. The van der Waals surface area contributed by atoms with Gasteiger partial charge in [0.2, 0.25) is 5.91 Å². The number of halogens is 2. The maximum absolute atomic E-state index is 12.1. The highest BCUT2D eigenvalue weighted by molar-refractivity contribution is 6.31. The van der Waals surface area contributed by atoms with E-state index in [0.29, 0.717) is 21.3 Å². The van der Waals surface area contributed by atoms with Gasteiger partial charge in [-0.3, -0.25) is 4.79 Å². The molecule has 6 heteroatoms. The smallest absolute Gasteiger partial charge is 0.238 e. The van der Waals surface area contributed by atoms with Crippen molar-refractivity contribution < 1.29 is 4.79 Å². The lowest BCUT2D eigenvalue weighted by Crippen LogP contribution is -2.30. The van der Waals surface area contributed by atoms with Crippen LogP contribution in [0.3, 0.4) is 0 Å². The van der Waals surface area contributed by atoms with Gasteiger partial charge in [0.05, 0.1) is 17.8 Å². The monoisotopic (exact) mass is 347 g/mol. The number of anilines is 1. The fourth-order valence-corrected chi connectivity index (χ4v) is 2.57. The lowest BCUT2D eigenvalue weighted by Gasteiger charge is -2.15. The van der Waals surface area contributed by atoms with E-state index in [4.69, 9.17) is 28.5 Å². The molecule has 1 amide bonds. The number of hydrogen-bond acceptors (Lipinski definition) is 3. The molecule has 0 fully saturated rings. The van der Waals surface area contributed by atoms with E-state index in [1.165, 1.54) is 0 Å². The first kappa shape index (κ1) is 17.3. The minimum atomic E-state index is -0.261. The summed E-state index contributed by atoms with van der Waals surface area (Å²) in [5.74, 6) is -0.261. The van der Waals surface area contributed by atoms with E-state index in [9.17, 15) is 4.79 Å². The van der Waals surface area contributed by atoms with Crippen molar-refractivity contribution in [2.75, 3.05) is 11.9 Å². The molecule has 2 N–H and O–H groups in total. The molecule has 0 aliphatic heterocycles. The molecule has 2 aromatic rings. The van der Waals surface area contributed by atoms with Crippen molar-refractivity contribution in [1.29, 1.82) is 5.26 Å². The van der Waals surface area contributed by atoms with Gasteiger partial charge in [-0.1, -0.05) is 41.4 Å². The zero-order valence-corrected chi connectivity index (χ0v) is 13.9. The molecule has 118 valence electrons. The van der Waals surface area contributed by atoms with Crippen LogP contribution in [-0.2, 0) is 4.79 Å². The van der Waals surface area contributed by atoms with Crippen LogP contribution in [0.15, 0.2) is 42.5 Å². The summed E-state index contributed by atoms with van der Waals surface area (Å²) >= 11 is 12.0. The van der Waals surface area contributed by atoms with Crippen LogP contribution < -0.4 is 10.6 Å². The Morgan fingerprint density at radius 1 is 1.26 bits per heavy atom. The average Bonchev–Trinajstić information content (AvgIpc) is 2.53. The molecule has 0 radical (unpaired) electrons. The summed E-state index contributed by atoms with van der Waals surface area (Å²) in [6.07, 6.45) is 0. The first-order valence-electron chi connectivity index (χ1n) is 6.98. The van der Waals surface area contributed by atoms with Crippen molar-refractivity contribution in [2.24, 2.45) is 0 Å². The van der Waals surface area contributed by atoms with Crippen molar-refractivity contribution in [1.82, 2.24) is 5.32 Å². The number of amides is 1. The van der Waals surface area contributed by atoms with E-state index in [1.807, 2.05) is 31.2 Å². The van der Waals surface area contributed by atoms with Gasteiger partial charge in [0.15, 0.2) is 0 Å². The van der Waals surface area contributed by atoms with Crippen molar-refractivity contribution in [3.8, 4) is 6.07 Å². The Morgan fingerprint density at radius 3 is 2.70 bits per heavy atom. The van der Waals surface area contributed by atoms with E-state index in [2.05, 4.69) is 10.6 Å². The second kappa shape index (κ2) is 7.98. The quantitative estimate of drug-likeness (QED) is 0.853. The Morgan fingerprint density at radius 2 is 2.00 bits per heavy atom. The normalized spacial score (nSPS) is 11.6. The summed E-state index contributed by atoms with van der Waals surface area (Å²) in [6, 6.07) is 14.1. The Balaban J connectivity index is 1.97. The highest BCUT2D eigenvalue weighted by Gasteiger charge is 2.12. The van der Waals surface area contributed by atoms with Gasteiger partial charge in [0.25, 0.3) is 0 Å². The Labute approximate surface area is 145 Å². The maximum atomic E-state index is 12.1. The van der Waals surface area contributed by atoms with Crippen LogP contribution in [0, 0.1) is 11.3 Å². The highest BCUT2D eigenvalue weighted by atomic mass is 35.5. The van der Waals surface area contributed by atoms with Gasteiger partial charge < -0.3 is 10.6 Å². The minimum Gasteiger partial charge on any atom is -0.324 e. The average molecular weight is 348 g/mol. The third-order valence-corrected chi connectivity index (χ3v) is 3.90. The van der Waals surface area contributed by atoms with E-state index >= 15 is 0 Å². The van der Waals surface area contributed by atoms with Crippen molar-refractivity contribution in [3.05, 3.63) is 63.6 Å². The molecule has 1 atom stereocenters. The Hall–Kier alpha value is -2.06. The lowest BCUT2D eigenvalue weighted by molar-refractivity contribution is -0.115. The summed E-state index contributed by atoms with van der Waals surface area (Å²) in [5, 5.41) is 15.9. The number of carbonyl (C=O) groups excluding carboxylic acids is 1. The molecule has 0 saturated carbocycles. The van der Waals surface area contributed by atoms with Gasteiger partial charge in [-0.25, -0.2) is 0 Å². The zero-order chi connectivity index (χ0) is 16.8. The summed E-state index contributed by atoms with van der Waals surface area (Å²) in [6.45, 7) is 2.01. The molecule has 0 unspecified atom stereocenters. The molecule has 0 aromatic heterocycles. The van der Waals surface area contributed by atoms with Gasteiger partial charge in [-0.05, 0) is 36.8 Å². The summed E-state index contributed by atoms with van der Waals surface area (Å²) < 4.78 is 0. The van der Waals surface area contributed by atoms with Crippen LogP contribution >= 0.6 is 23.2 Å². The minimum absolute atomic E-state index is 0.0794. The number of benzene rings is 2. The molecule has 0 spiro atoms. The van der Waals surface area contributed by atoms with E-state index in [-0.39, 0.29) is 18.5 Å². The fraction of sp³-hybridized carbons (Fsp3) is 0.176. The molecule has 23 heavy (non-hydrogen) atoms. The van der Waals surface area contributed by atoms with Gasteiger partial charge in [-0.15, -0.1) is 0 Å². The summed E-state index contributed by atoms with van der Waals surface area (Å²) in [5.41, 5.74) is 1.68. The lowest BCUT2D eigenvalue weighted by atomic mass is 10.1. The second-order valence-electron chi connectivity index (χ2n) is 4.97. The fourth-order valence-electron chi connectivity index (χ4n) is 2.09. The Bertz CT molecular complexity index is 756. The highest BCUT2D eigenvalue weighted by Crippen LogP contribution is 2.22. The van der Waals surface area contributed by atoms with Crippen molar-refractivity contribution >= 4 is 34.8 Å². The predicted molar refractivity (Wildman–Crippen MR) is 92.7 cm³/mol. The number of nitriles is 1. The molecule has 2 rings (SSSR count). The molecule has 0 aliphatic carbocycles. The molecule has 0 heterocycles. The number of nitrogens with one attached hydrogen (secondary N) is 2. The molecule has 0 bridgehead atoms. The number of hydrogen-bond donors (Lipinski definition) is 2. The molecular formula is C17H15Cl2N3O. The zero-order valence-electron chi connectivity index (χ0n) is 12.4. The topological polar surface area (TPSA) is 64.9 Å². The first-order chi connectivity index (χ1) is 11.0. The third-order valence-electron chi connectivity index (χ3n) is 3.32. The second-order valence-corrected chi connectivity index (χ2v) is 5.82. The number of rotatable bonds is 5. The summed E-state index contributed by atoms with van der Waals surface area (Å²) in [4.78, 5) is 12.1. The SMILES string of the molecule is C[C@H](NCC(=O)Nc1cc(Cl)ccc1C#N)c1ccccc1Cl. The van der Waals surface area contributed by atoms with Gasteiger partial charge in [0.1, 0.15) is 6.07 Å². The first-order valence-corrected chi connectivity index (χ1v) is 7.74. The molecule has 0 aliphatic rings. The standard InChI is InChI=1S/C17H15Cl2N3O/c1-11(14-4-2-3-5-15(14)19)21-10-17(23)22-16-8-13(18)7-6-12(16)9-20/h2-8,11,21H,10H2,1H3,(H,22,23)/t11-/m0/s1. The van der Waals surface area contributed by atoms with E-state index < -0.39 is 0 Å². The molecule has 0 saturated heterocycles. The van der Waals surface area contributed by atoms with Crippen molar-refractivity contribution in [3.63, 3.8) is 0 Å². The third kappa shape index (κ3) is 4.70. The van der Waals surface area contributed by atoms with Crippen LogP contribution in [0.2, 0.25) is 10.0 Å². The van der Waals surface area contributed by atoms with E-state index in [0.717, 1.165) is 5.56 Å². The van der Waals surface area contributed by atoms with Crippen molar-refractivity contribution in [2.45, 2.75) is 13.0 Å². The van der Waals surface area contributed by atoms with E-state index in [1.54, 1.807) is 24.3 Å². The van der Waals surface area contributed by atoms with Crippen LogP contribution in [0.4, 0.5) is 5.69 Å². The van der Waals surface area contributed by atoms with Gasteiger partial charge in [-0.2, -0.15) is 5.26 Å². The number of carbonyl (C=O) groups is 1. The van der Waals surface area contributed by atoms with Crippen LogP contribution in [0.1, 0.15) is 24.1 Å².